The number of carboxylic acids is 2. The maximum absolute atomic E-state index is 13.0. The molecule has 0 aliphatic heterocycles. The van der Waals surface area contributed by atoms with Crippen molar-refractivity contribution >= 4 is 22.8 Å². The van der Waals surface area contributed by atoms with E-state index in [-0.39, 0.29) is 24.5 Å². The van der Waals surface area contributed by atoms with Crippen LogP contribution >= 0.6 is 0 Å². The molecule has 3 aromatic rings. The summed E-state index contributed by atoms with van der Waals surface area (Å²) in [6.45, 7) is 0. The number of halogens is 2. The van der Waals surface area contributed by atoms with Gasteiger partial charge in [-0.25, -0.2) is 8.78 Å². The molecule has 0 aliphatic carbocycles. The Morgan fingerprint density at radius 1 is 0.931 bits per heavy atom. The fraction of sp³-hybridized carbons (Fsp3) is 0.200. The first-order valence-corrected chi connectivity index (χ1v) is 8.64. The molecule has 3 rings (SSSR count). The van der Waals surface area contributed by atoms with Crippen LogP contribution in [-0.2, 0) is 22.4 Å². The zero-order valence-corrected chi connectivity index (χ0v) is 15.3. The fourth-order valence-electron chi connectivity index (χ4n) is 2.65. The summed E-state index contributed by atoms with van der Waals surface area (Å²) in [7, 11) is 0. The quantitative estimate of drug-likeness (QED) is 0.425. The summed E-state index contributed by atoms with van der Waals surface area (Å²) in [4.78, 5) is 23.9. The van der Waals surface area contributed by atoms with Crippen LogP contribution in [0.1, 0.15) is 11.1 Å². The number of carbonyl (C=O) groups is 2. The summed E-state index contributed by atoms with van der Waals surface area (Å²) in [5.41, 5.74) is 12.8. The molecule has 9 heteroatoms. The van der Waals surface area contributed by atoms with Crippen molar-refractivity contribution in [1.82, 2.24) is 4.98 Å². The van der Waals surface area contributed by atoms with Crippen molar-refractivity contribution in [2.45, 2.75) is 24.9 Å². The Morgan fingerprint density at radius 3 is 2.17 bits per heavy atom. The van der Waals surface area contributed by atoms with Gasteiger partial charge in [0, 0.05) is 23.5 Å². The predicted molar refractivity (Wildman–Crippen MR) is 103 cm³/mol. The van der Waals surface area contributed by atoms with E-state index in [1.807, 2.05) is 0 Å². The van der Waals surface area contributed by atoms with Crippen LogP contribution in [0.4, 0.5) is 8.78 Å². The van der Waals surface area contributed by atoms with Crippen molar-refractivity contribution in [3.8, 4) is 0 Å². The number of fused-ring (bicyclic) bond motifs is 1. The number of rotatable bonds is 6. The van der Waals surface area contributed by atoms with Gasteiger partial charge in [0.1, 0.15) is 23.7 Å². The molecular formula is C20H21F2N3O4. The van der Waals surface area contributed by atoms with E-state index in [9.17, 15) is 18.4 Å². The first-order chi connectivity index (χ1) is 13.7. The van der Waals surface area contributed by atoms with Crippen LogP contribution in [0.5, 0.6) is 0 Å². The van der Waals surface area contributed by atoms with Crippen molar-refractivity contribution in [3.05, 3.63) is 71.4 Å². The second kappa shape index (κ2) is 9.76. The summed E-state index contributed by atoms with van der Waals surface area (Å²) in [6.07, 6.45) is 1.98. The second-order valence-electron chi connectivity index (χ2n) is 6.43. The molecule has 0 spiro atoms. The third-order valence-electron chi connectivity index (χ3n) is 4.15. The fourth-order valence-corrected chi connectivity index (χ4v) is 2.65. The SMILES string of the molecule is N[C@@H](Cc1c[nH]c2ccc(F)cc12)C(=O)O.N[C@@H](Cc1cccc(F)c1)C(=O)O. The van der Waals surface area contributed by atoms with E-state index in [1.165, 1.54) is 30.3 Å². The molecule has 29 heavy (non-hydrogen) atoms. The van der Waals surface area contributed by atoms with Crippen LogP contribution < -0.4 is 11.5 Å². The highest BCUT2D eigenvalue weighted by molar-refractivity contribution is 5.84. The van der Waals surface area contributed by atoms with E-state index in [0.717, 1.165) is 5.52 Å². The minimum atomic E-state index is -1.08. The van der Waals surface area contributed by atoms with Gasteiger partial charge in [-0.15, -0.1) is 0 Å². The van der Waals surface area contributed by atoms with Crippen molar-refractivity contribution in [2.75, 3.05) is 0 Å². The van der Waals surface area contributed by atoms with Crippen LogP contribution in [-0.4, -0.2) is 39.2 Å². The summed E-state index contributed by atoms with van der Waals surface area (Å²) in [6, 6.07) is 8.14. The lowest BCUT2D eigenvalue weighted by Gasteiger charge is -2.05. The van der Waals surface area contributed by atoms with Gasteiger partial charge in [0.05, 0.1) is 0 Å². The normalized spacial score (nSPS) is 12.7. The van der Waals surface area contributed by atoms with E-state index < -0.39 is 24.0 Å². The molecule has 0 aliphatic rings. The molecule has 0 saturated heterocycles. The Bertz CT molecular complexity index is 1010. The summed E-state index contributed by atoms with van der Waals surface area (Å²) >= 11 is 0. The van der Waals surface area contributed by atoms with Crippen LogP contribution in [0.15, 0.2) is 48.7 Å². The van der Waals surface area contributed by atoms with Gasteiger partial charge >= 0.3 is 11.9 Å². The predicted octanol–water partition coefficient (Wildman–Crippen LogP) is 2.04. The summed E-state index contributed by atoms with van der Waals surface area (Å²) < 4.78 is 25.7. The van der Waals surface area contributed by atoms with Gasteiger partial charge in [-0.2, -0.15) is 0 Å². The highest BCUT2D eigenvalue weighted by atomic mass is 19.1. The Labute approximate surface area is 164 Å². The van der Waals surface area contributed by atoms with Crippen molar-refractivity contribution < 1.29 is 28.6 Å². The molecule has 2 atom stereocenters. The number of hydrogen-bond donors (Lipinski definition) is 5. The first-order valence-electron chi connectivity index (χ1n) is 8.64. The molecule has 1 aromatic heterocycles. The van der Waals surface area contributed by atoms with Gasteiger partial charge in [-0.05, 0) is 47.9 Å². The Kier molecular flexibility index (Phi) is 7.40. The average molecular weight is 405 g/mol. The van der Waals surface area contributed by atoms with E-state index in [2.05, 4.69) is 4.98 Å². The molecule has 0 fully saturated rings. The molecule has 0 saturated carbocycles. The van der Waals surface area contributed by atoms with Crippen LogP contribution in [0.3, 0.4) is 0 Å². The van der Waals surface area contributed by atoms with Crippen molar-refractivity contribution in [3.63, 3.8) is 0 Å². The topological polar surface area (TPSA) is 142 Å². The van der Waals surface area contributed by atoms with Gasteiger partial charge in [-0.1, -0.05) is 12.1 Å². The molecule has 0 radical (unpaired) electrons. The molecule has 0 amide bonds. The number of carboxylic acid groups (broad SMARTS) is 2. The van der Waals surface area contributed by atoms with E-state index in [1.54, 1.807) is 18.3 Å². The van der Waals surface area contributed by atoms with E-state index in [4.69, 9.17) is 21.7 Å². The van der Waals surface area contributed by atoms with Crippen LogP contribution in [0, 0.1) is 11.6 Å². The Balaban J connectivity index is 0.000000212. The van der Waals surface area contributed by atoms with Crippen LogP contribution in [0.25, 0.3) is 10.9 Å². The largest absolute Gasteiger partial charge is 0.480 e. The molecule has 7 N–H and O–H groups in total. The second-order valence-corrected chi connectivity index (χ2v) is 6.43. The third kappa shape index (κ3) is 6.37. The Hall–Kier alpha value is -3.30. The molecule has 2 aromatic carbocycles. The minimum Gasteiger partial charge on any atom is -0.480 e. The number of hydrogen-bond acceptors (Lipinski definition) is 4. The van der Waals surface area contributed by atoms with Crippen molar-refractivity contribution in [2.24, 2.45) is 11.5 Å². The lowest BCUT2D eigenvalue weighted by atomic mass is 10.1. The van der Waals surface area contributed by atoms with Crippen LogP contribution in [0.2, 0.25) is 0 Å². The van der Waals surface area contributed by atoms with Gasteiger partial charge in [0.25, 0.3) is 0 Å². The van der Waals surface area contributed by atoms with E-state index in [0.29, 0.717) is 16.5 Å². The number of nitrogens with one attached hydrogen (secondary N) is 1. The standard InChI is InChI=1S/C11H11FN2O2.C9H10FNO2/c12-7-1-2-10-8(4-7)6(5-14-10)3-9(13)11(15)16;10-7-3-1-2-6(4-7)5-8(11)9(12)13/h1-2,4-5,9,14H,3,13H2,(H,15,16);1-4,8H,5,11H2,(H,12,13)/t9-;8-/m00/s1. The molecule has 1 heterocycles. The molecule has 0 unspecified atom stereocenters. The Morgan fingerprint density at radius 2 is 1.55 bits per heavy atom. The first kappa shape index (κ1) is 22.0. The minimum absolute atomic E-state index is 0.146. The lowest BCUT2D eigenvalue weighted by molar-refractivity contribution is -0.139. The number of benzene rings is 2. The smallest absolute Gasteiger partial charge is 0.320 e. The maximum Gasteiger partial charge on any atom is 0.320 e. The maximum atomic E-state index is 13.0. The monoisotopic (exact) mass is 405 g/mol. The number of aliphatic carboxylic acids is 2. The average Bonchev–Trinajstić information content (AvgIpc) is 3.04. The lowest BCUT2D eigenvalue weighted by Crippen LogP contribution is -2.32. The number of H-pyrrole nitrogens is 1. The van der Waals surface area contributed by atoms with Crippen molar-refractivity contribution in [1.29, 1.82) is 0 Å². The number of nitrogens with two attached hydrogens (primary N) is 2. The zero-order chi connectivity index (χ0) is 21.6. The summed E-state index contributed by atoms with van der Waals surface area (Å²) in [5, 5.41) is 17.9. The molecular weight excluding hydrogens is 384 g/mol. The highest BCUT2D eigenvalue weighted by Gasteiger charge is 2.15. The number of aromatic amines is 1. The molecule has 7 nitrogen and oxygen atoms in total. The zero-order valence-electron chi connectivity index (χ0n) is 15.3. The highest BCUT2D eigenvalue weighted by Crippen LogP contribution is 2.20. The van der Waals surface area contributed by atoms with Gasteiger partial charge in [0.2, 0.25) is 0 Å². The van der Waals surface area contributed by atoms with Gasteiger partial charge in [0.15, 0.2) is 0 Å². The molecule has 154 valence electrons. The van der Waals surface area contributed by atoms with E-state index >= 15 is 0 Å². The summed E-state index contributed by atoms with van der Waals surface area (Å²) in [5.74, 6) is -2.87. The van der Waals surface area contributed by atoms with Gasteiger partial charge in [-0.3, -0.25) is 9.59 Å². The van der Waals surface area contributed by atoms with Gasteiger partial charge < -0.3 is 26.7 Å². The molecule has 0 bridgehead atoms. The third-order valence-corrected chi connectivity index (χ3v) is 4.15. The number of aromatic nitrogens is 1.